The van der Waals surface area contributed by atoms with Crippen molar-refractivity contribution in [2.75, 3.05) is 20.1 Å². The molecule has 140 valence electrons. The van der Waals surface area contributed by atoms with Crippen LogP contribution in [-0.2, 0) is 13.0 Å². The molecular weight excluding hydrogens is 320 g/mol. The number of aryl methyl sites for hydroxylation is 2. The van der Waals surface area contributed by atoms with Crippen molar-refractivity contribution in [3.8, 4) is 0 Å². The molecule has 0 spiro atoms. The van der Waals surface area contributed by atoms with E-state index in [1.165, 1.54) is 16.7 Å². The average Bonchev–Trinajstić information content (AvgIpc) is 2.67. The smallest absolute Gasteiger partial charge is 0.254 e. The molecule has 1 unspecified atom stereocenters. The number of benzene rings is 2. The third-order valence-corrected chi connectivity index (χ3v) is 4.88. The topological polar surface area (TPSA) is 32.3 Å². The molecule has 3 heteroatoms. The highest BCUT2D eigenvalue weighted by molar-refractivity contribution is 5.98. The third kappa shape index (κ3) is 4.34. The molecule has 0 radical (unpaired) electrons. The van der Waals surface area contributed by atoms with Gasteiger partial charge in [-0.2, -0.15) is 0 Å². The fourth-order valence-electron chi connectivity index (χ4n) is 3.68. The van der Waals surface area contributed by atoms with E-state index < -0.39 is 0 Å². The standard InChI is InChI=1S/C21H26N2O.C2H6/c1-4-16-10-15(2)20-19(11-16)18(12-22-3)14-23(21(20)24)13-17-8-6-5-7-9-17;1-2/h5-11,18,22H,4,12-14H2,1-3H3;1-2H3. The van der Waals surface area contributed by atoms with E-state index in [1.807, 2.05) is 44.0 Å². The monoisotopic (exact) mass is 352 g/mol. The molecule has 0 aliphatic carbocycles. The summed E-state index contributed by atoms with van der Waals surface area (Å²) in [4.78, 5) is 15.1. The van der Waals surface area contributed by atoms with Gasteiger partial charge in [-0.3, -0.25) is 4.79 Å². The van der Waals surface area contributed by atoms with E-state index in [0.29, 0.717) is 12.5 Å². The molecule has 1 aliphatic heterocycles. The molecule has 1 heterocycles. The summed E-state index contributed by atoms with van der Waals surface area (Å²) in [7, 11) is 1.98. The largest absolute Gasteiger partial charge is 0.334 e. The van der Waals surface area contributed by atoms with Gasteiger partial charge in [-0.05, 0) is 42.6 Å². The van der Waals surface area contributed by atoms with Crippen LogP contribution in [0.1, 0.15) is 59.3 Å². The fraction of sp³-hybridized carbons (Fsp3) is 0.435. The van der Waals surface area contributed by atoms with Gasteiger partial charge in [-0.1, -0.05) is 63.2 Å². The SMILES string of the molecule is CC.CCc1cc(C)c2c(c1)C(CNC)CN(Cc1ccccc1)C2=O. The lowest BCUT2D eigenvalue weighted by molar-refractivity contribution is 0.0706. The van der Waals surface area contributed by atoms with Crippen molar-refractivity contribution < 1.29 is 4.79 Å². The second kappa shape index (κ2) is 9.54. The number of likely N-dealkylation sites (N-methyl/N-ethyl adjacent to an activating group) is 1. The van der Waals surface area contributed by atoms with Gasteiger partial charge in [-0.15, -0.1) is 0 Å². The van der Waals surface area contributed by atoms with Crippen LogP contribution in [0.25, 0.3) is 0 Å². The molecular formula is C23H32N2O. The second-order valence-electron chi connectivity index (χ2n) is 6.66. The number of nitrogens with one attached hydrogen (secondary N) is 1. The molecule has 0 aromatic heterocycles. The first-order valence-corrected chi connectivity index (χ1v) is 9.75. The first-order valence-electron chi connectivity index (χ1n) is 9.75. The minimum Gasteiger partial charge on any atom is -0.334 e. The number of amides is 1. The van der Waals surface area contributed by atoms with Crippen LogP contribution in [0, 0.1) is 6.92 Å². The molecule has 1 atom stereocenters. The van der Waals surface area contributed by atoms with E-state index in [1.54, 1.807) is 0 Å². The molecule has 0 saturated carbocycles. The van der Waals surface area contributed by atoms with Gasteiger partial charge in [0.05, 0.1) is 0 Å². The van der Waals surface area contributed by atoms with Gasteiger partial charge in [0.15, 0.2) is 0 Å². The van der Waals surface area contributed by atoms with E-state index >= 15 is 0 Å². The van der Waals surface area contributed by atoms with Crippen molar-refractivity contribution >= 4 is 5.91 Å². The zero-order valence-electron chi connectivity index (χ0n) is 16.8. The zero-order chi connectivity index (χ0) is 19.1. The Morgan fingerprint density at radius 1 is 1.12 bits per heavy atom. The fourth-order valence-corrected chi connectivity index (χ4v) is 3.68. The predicted octanol–water partition coefficient (Wildman–Crippen LogP) is 4.54. The number of fused-ring (bicyclic) bond motifs is 1. The van der Waals surface area contributed by atoms with Gasteiger partial charge in [0.25, 0.3) is 5.91 Å². The van der Waals surface area contributed by atoms with Crippen LogP contribution in [0.4, 0.5) is 0 Å². The van der Waals surface area contributed by atoms with Crippen LogP contribution in [0.2, 0.25) is 0 Å². The molecule has 1 amide bonds. The van der Waals surface area contributed by atoms with E-state index in [0.717, 1.165) is 30.6 Å². The Hall–Kier alpha value is -2.13. The summed E-state index contributed by atoms with van der Waals surface area (Å²) in [6.07, 6.45) is 1.00. The maximum absolute atomic E-state index is 13.1. The van der Waals surface area contributed by atoms with Crippen molar-refractivity contribution in [3.63, 3.8) is 0 Å². The molecule has 3 rings (SSSR count). The number of carbonyl (C=O) groups excluding carboxylic acids is 1. The average molecular weight is 353 g/mol. The summed E-state index contributed by atoms with van der Waals surface area (Å²) in [6.45, 7) is 10.6. The van der Waals surface area contributed by atoms with E-state index in [4.69, 9.17) is 0 Å². The maximum atomic E-state index is 13.1. The Morgan fingerprint density at radius 2 is 1.81 bits per heavy atom. The van der Waals surface area contributed by atoms with E-state index in [9.17, 15) is 4.79 Å². The Labute approximate surface area is 158 Å². The number of hydrogen-bond acceptors (Lipinski definition) is 2. The first-order chi connectivity index (χ1) is 12.6. The van der Waals surface area contributed by atoms with Crippen LogP contribution in [-0.4, -0.2) is 30.9 Å². The lowest BCUT2D eigenvalue weighted by atomic mass is 9.84. The van der Waals surface area contributed by atoms with Crippen LogP contribution in [0.15, 0.2) is 42.5 Å². The third-order valence-electron chi connectivity index (χ3n) is 4.88. The van der Waals surface area contributed by atoms with Crippen molar-refractivity contribution in [1.82, 2.24) is 10.2 Å². The lowest BCUT2D eigenvalue weighted by Crippen LogP contribution is -2.42. The highest BCUT2D eigenvalue weighted by atomic mass is 16.2. The molecule has 26 heavy (non-hydrogen) atoms. The summed E-state index contributed by atoms with van der Waals surface area (Å²) in [5, 5.41) is 3.30. The highest BCUT2D eigenvalue weighted by Gasteiger charge is 2.32. The number of rotatable bonds is 5. The van der Waals surface area contributed by atoms with Gasteiger partial charge in [0, 0.05) is 31.1 Å². The lowest BCUT2D eigenvalue weighted by Gasteiger charge is -2.35. The molecule has 3 nitrogen and oxygen atoms in total. The quantitative estimate of drug-likeness (QED) is 0.856. The Morgan fingerprint density at radius 3 is 2.42 bits per heavy atom. The number of hydrogen-bond donors (Lipinski definition) is 1. The minimum atomic E-state index is 0.168. The minimum absolute atomic E-state index is 0.168. The zero-order valence-corrected chi connectivity index (χ0v) is 16.8. The summed E-state index contributed by atoms with van der Waals surface area (Å²) >= 11 is 0. The molecule has 0 bridgehead atoms. The van der Waals surface area contributed by atoms with Gasteiger partial charge in [-0.25, -0.2) is 0 Å². The normalized spacial score (nSPS) is 16.0. The number of carbonyl (C=O) groups is 1. The highest BCUT2D eigenvalue weighted by Crippen LogP contribution is 2.32. The first kappa shape index (κ1) is 20.2. The Kier molecular flexibility index (Phi) is 7.40. The molecule has 2 aromatic rings. The van der Waals surface area contributed by atoms with Gasteiger partial charge < -0.3 is 10.2 Å². The van der Waals surface area contributed by atoms with Crippen molar-refractivity contribution in [2.45, 2.75) is 46.6 Å². The molecule has 1 N–H and O–H groups in total. The molecule has 1 aliphatic rings. The van der Waals surface area contributed by atoms with Crippen molar-refractivity contribution in [1.29, 1.82) is 0 Å². The van der Waals surface area contributed by atoms with Crippen molar-refractivity contribution in [3.05, 3.63) is 70.3 Å². The predicted molar refractivity (Wildman–Crippen MR) is 110 cm³/mol. The second-order valence-corrected chi connectivity index (χ2v) is 6.66. The van der Waals surface area contributed by atoms with Crippen LogP contribution < -0.4 is 5.32 Å². The maximum Gasteiger partial charge on any atom is 0.254 e. The van der Waals surface area contributed by atoms with Crippen molar-refractivity contribution in [2.24, 2.45) is 0 Å². The summed E-state index contributed by atoms with van der Waals surface area (Å²) < 4.78 is 0. The Bertz CT molecular complexity index is 724. The Balaban J connectivity index is 0.00000117. The van der Waals surface area contributed by atoms with Gasteiger partial charge in [0.2, 0.25) is 0 Å². The molecule has 2 aromatic carbocycles. The van der Waals surface area contributed by atoms with Crippen LogP contribution in [0.3, 0.4) is 0 Å². The van der Waals surface area contributed by atoms with Crippen LogP contribution >= 0.6 is 0 Å². The summed E-state index contributed by atoms with van der Waals surface area (Å²) in [6, 6.07) is 14.6. The number of nitrogens with zero attached hydrogens (tertiary/aromatic N) is 1. The van der Waals surface area contributed by atoms with Gasteiger partial charge in [0.1, 0.15) is 0 Å². The summed E-state index contributed by atoms with van der Waals surface area (Å²) in [5.41, 5.74) is 5.73. The van der Waals surface area contributed by atoms with E-state index in [2.05, 4.69) is 43.4 Å². The van der Waals surface area contributed by atoms with Gasteiger partial charge >= 0.3 is 0 Å². The molecule has 0 saturated heterocycles. The molecule has 0 fully saturated rings. The summed E-state index contributed by atoms with van der Waals surface area (Å²) in [5.74, 6) is 0.512. The van der Waals surface area contributed by atoms with Crippen LogP contribution in [0.5, 0.6) is 0 Å². The van der Waals surface area contributed by atoms with E-state index in [-0.39, 0.29) is 5.91 Å².